The van der Waals surface area contributed by atoms with Crippen LogP contribution in [-0.4, -0.2) is 11.6 Å². The van der Waals surface area contributed by atoms with E-state index in [9.17, 15) is 8.78 Å². The fourth-order valence-electron chi connectivity index (χ4n) is 1.45. The molecule has 0 N–H and O–H groups in total. The second-order valence-corrected chi connectivity index (χ2v) is 3.70. The quantitative estimate of drug-likeness (QED) is 0.827. The van der Waals surface area contributed by atoms with E-state index in [0.717, 1.165) is 0 Å². The molecule has 0 saturated heterocycles. The number of nitrogens with zero attached hydrogens (tertiary/aromatic N) is 1. The maximum atomic E-state index is 12.3. The van der Waals surface area contributed by atoms with Crippen molar-refractivity contribution >= 4 is 11.6 Å². The summed E-state index contributed by atoms with van der Waals surface area (Å²) >= 11 is 5.75. The van der Waals surface area contributed by atoms with E-state index < -0.39 is 6.61 Å². The molecule has 0 spiro atoms. The van der Waals surface area contributed by atoms with Crippen molar-refractivity contribution in [3.8, 4) is 16.9 Å². The maximum absolute atomic E-state index is 12.3. The number of aromatic nitrogens is 1. The molecule has 0 aliphatic heterocycles. The van der Waals surface area contributed by atoms with Gasteiger partial charge >= 0.3 is 6.61 Å². The lowest BCUT2D eigenvalue weighted by atomic mass is 10.1. The van der Waals surface area contributed by atoms with Crippen molar-refractivity contribution in [1.29, 1.82) is 0 Å². The average molecular weight is 256 g/mol. The summed E-state index contributed by atoms with van der Waals surface area (Å²) in [5, 5.41) is 0.341. The molecule has 0 aliphatic rings. The molecule has 0 unspecified atom stereocenters. The summed E-state index contributed by atoms with van der Waals surface area (Å²) in [5.74, 6) is 0.0421. The number of benzene rings is 1. The second kappa shape index (κ2) is 5.10. The van der Waals surface area contributed by atoms with E-state index in [1.54, 1.807) is 36.7 Å². The van der Waals surface area contributed by atoms with Crippen LogP contribution in [0.2, 0.25) is 5.02 Å². The molecule has 1 aromatic carbocycles. The number of alkyl halides is 2. The maximum Gasteiger partial charge on any atom is 0.387 e. The van der Waals surface area contributed by atoms with Gasteiger partial charge in [-0.2, -0.15) is 8.78 Å². The van der Waals surface area contributed by atoms with Crippen molar-refractivity contribution in [3.05, 3.63) is 47.7 Å². The number of hydrogen-bond donors (Lipinski definition) is 0. The van der Waals surface area contributed by atoms with E-state index in [2.05, 4.69) is 9.72 Å². The highest BCUT2D eigenvalue weighted by Crippen LogP contribution is 2.32. The SMILES string of the molecule is FC(F)Oc1cc(Cl)ccc1-c1cccnc1. The van der Waals surface area contributed by atoms with Crippen LogP contribution in [0.25, 0.3) is 11.1 Å². The van der Waals surface area contributed by atoms with Crippen LogP contribution in [0, 0.1) is 0 Å². The number of pyridine rings is 1. The second-order valence-electron chi connectivity index (χ2n) is 3.26. The zero-order valence-electron chi connectivity index (χ0n) is 8.61. The fraction of sp³-hybridized carbons (Fsp3) is 0.0833. The van der Waals surface area contributed by atoms with E-state index in [1.807, 2.05) is 0 Å². The lowest BCUT2D eigenvalue weighted by molar-refractivity contribution is -0.0494. The largest absolute Gasteiger partial charge is 0.434 e. The van der Waals surface area contributed by atoms with E-state index in [0.29, 0.717) is 16.1 Å². The van der Waals surface area contributed by atoms with Gasteiger partial charge in [-0.15, -0.1) is 0 Å². The third-order valence-corrected chi connectivity index (χ3v) is 2.37. The van der Waals surface area contributed by atoms with Gasteiger partial charge < -0.3 is 4.74 Å². The summed E-state index contributed by atoms with van der Waals surface area (Å²) in [4.78, 5) is 3.93. The summed E-state index contributed by atoms with van der Waals surface area (Å²) in [6.07, 6.45) is 3.18. The highest BCUT2D eigenvalue weighted by atomic mass is 35.5. The van der Waals surface area contributed by atoms with Crippen LogP contribution in [0.15, 0.2) is 42.7 Å². The number of halogens is 3. The Morgan fingerprint density at radius 3 is 2.71 bits per heavy atom. The van der Waals surface area contributed by atoms with Crippen molar-refractivity contribution in [2.75, 3.05) is 0 Å². The Balaban J connectivity index is 2.46. The van der Waals surface area contributed by atoms with Crippen LogP contribution in [0.1, 0.15) is 0 Å². The van der Waals surface area contributed by atoms with Gasteiger partial charge in [0, 0.05) is 28.5 Å². The van der Waals surface area contributed by atoms with E-state index in [4.69, 9.17) is 11.6 Å². The summed E-state index contributed by atoms with van der Waals surface area (Å²) < 4.78 is 29.0. The minimum absolute atomic E-state index is 0.0421. The standard InChI is InChI=1S/C12H8ClF2NO/c13-9-3-4-10(8-2-1-5-16-7-8)11(6-9)17-12(14)15/h1-7,12H. The van der Waals surface area contributed by atoms with Gasteiger partial charge in [-0.25, -0.2) is 0 Å². The first-order valence-corrected chi connectivity index (χ1v) is 5.19. The fourth-order valence-corrected chi connectivity index (χ4v) is 1.61. The summed E-state index contributed by atoms with van der Waals surface area (Å²) in [5.41, 5.74) is 1.22. The molecule has 0 radical (unpaired) electrons. The Hall–Kier alpha value is -1.68. The van der Waals surface area contributed by atoms with E-state index in [1.165, 1.54) is 6.07 Å². The zero-order valence-corrected chi connectivity index (χ0v) is 9.36. The van der Waals surface area contributed by atoms with Gasteiger partial charge in [0.05, 0.1) is 0 Å². The predicted molar refractivity (Wildman–Crippen MR) is 61.3 cm³/mol. The molecular formula is C12H8ClF2NO. The summed E-state index contributed by atoms with van der Waals surface area (Å²) in [6.45, 7) is -2.89. The van der Waals surface area contributed by atoms with Crippen LogP contribution in [0.3, 0.4) is 0 Å². The van der Waals surface area contributed by atoms with Crippen LogP contribution < -0.4 is 4.74 Å². The van der Waals surface area contributed by atoms with Gasteiger partial charge in [0.2, 0.25) is 0 Å². The first-order valence-electron chi connectivity index (χ1n) is 4.81. The minimum atomic E-state index is -2.89. The van der Waals surface area contributed by atoms with Crippen molar-refractivity contribution in [2.24, 2.45) is 0 Å². The first-order chi connectivity index (χ1) is 8.16. The van der Waals surface area contributed by atoms with Gasteiger partial charge in [0.1, 0.15) is 5.75 Å². The molecule has 0 atom stereocenters. The summed E-state index contributed by atoms with van der Waals surface area (Å²) in [7, 11) is 0. The molecule has 0 aliphatic carbocycles. The van der Waals surface area contributed by atoms with Gasteiger partial charge in [0.25, 0.3) is 0 Å². The molecule has 0 saturated carbocycles. The van der Waals surface area contributed by atoms with Gasteiger partial charge in [-0.3, -0.25) is 4.98 Å². The first kappa shape index (κ1) is 11.8. The normalized spacial score (nSPS) is 10.6. The third-order valence-electron chi connectivity index (χ3n) is 2.13. The van der Waals surface area contributed by atoms with Gasteiger partial charge in [-0.05, 0) is 24.3 Å². The smallest absolute Gasteiger partial charge is 0.387 e. The lowest BCUT2D eigenvalue weighted by Gasteiger charge is -2.10. The van der Waals surface area contributed by atoms with Gasteiger partial charge in [0.15, 0.2) is 0 Å². The topological polar surface area (TPSA) is 22.1 Å². The minimum Gasteiger partial charge on any atom is -0.434 e. The monoisotopic (exact) mass is 255 g/mol. The van der Waals surface area contributed by atoms with Crippen LogP contribution in [-0.2, 0) is 0 Å². The molecule has 0 fully saturated rings. The molecule has 1 heterocycles. The Kier molecular flexibility index (Phi) is 3.54. The van der Waals surface area contributed by atoms with Crippen LogP contribution >= 0.6 is 11.6 Å². The summed E-state index contributed by atoms with van der Waals surface area (Å²) in [6, 6.07) is 8.07. The molecule has 2 nitrogen and oxygen atoms in total. The van der Waals surface area contributed by atoms with Crippen molar-refractivity contribution in [2.45, 2.75) is 6.61 Å². The Morgan fingerprint density at radius 1 is 1.24 bits per heavy atom. The molecule has 88 valence electrons. The Morgan fingerprint density at radius 2 is 2.06 bits per heavy atom. The Bertz CT molecular complexity index is 505. The van der Waals surface area contributed by atoms with Crippen molar-refractivity contribution in [1.82, 2.24) is 4.98 Å². The molecule has 17 heavy (non-hydrogen) atoms. The third kappa shape index (κ3) is 2.91. The zero-order chi connectivity index (χ0) is 12.3. The molecule has 2 aromatic rings. The van der Waals surface area contributed by atoms with E-state index >= 15 is 0 Å². The highest BCUT2D eigenvalue weighted by Gasteiger charge is 2.11. The number of rotatable bonds is 3. The Labute approximate surface area is 102 Å². The van der Waals surface area contributed by atoms with Crippen LogP contribution in [0.5, 0.6) is 5.75 Å². The predicted octanol–water partition coefficient (Wildman–Crippen LogP) is 4.00. The molecule has 2 rings (SSSR count). The molecular weight excluding hydrogens is 248 g/mol. The molecule has 0 amide bonds. The van der Waals surface area contributed by atoms with Crippen LogP contribution in [0.4, 0.5) is 8.78 Å². The number of ether oxygens (including phenoxy) is 1. The number of hydrogen-bond acceptors (Lipinski definition) is 2. The van der Waals surface area contributed by atoms with Crippen molar-refractivity contribution in [3.63, 3.8) is 0 Å². The van der Waals surface area contributed by atoms with E-state index in [-0.39, 0.29) is 5.75 Å². The van der Waals surface area contributed by atoms with Gasteiger partial charge in [-0.1, -0.05) is 17.7 Å². The highest BCUT2D eigenvalue weighted by molar-refractivity contribution is 6.30. The molecule has 5 heteroatoms. The van der Waals surface area contributed by atoms with Crippen molar-refractivity contribution < 1.29 is 13.5 Å². The molecule has 0 bridgehead atoms. The lowest BCUT2D eigenvalue weighted by Crippen LogP contribution is -2.03. The average Bonchev–Trinajstić information content (AvgIpc) is 2.29. The molecule has 1 aromatic heterocycles.